The lowest BCUT2D eigenvalue weighted by atomic mass is 10.1. The number of pyridine rings is 1. The van der Waals surface area contributed by atoms with Gasteiger partial charge in [-0.25, -0.2) is 0 Å². The molecule has 2 saturated heterocycles. The van der Waals surface area contributed by atoms with Gasteiger partial charge in [0.05, 0.1) is 41.7 Å². The van der Waals surface area contributed by atoms with Crippen molar-refractivity contribution < 1.29 is 9.53 Å². The Hall–Kier alpha value is -3.48. The third-order valence-corrected chi connectivity index (χ3v) is 5.76. The molecular weight excluding hydrogens is 394 g/mol. The monoisotopic (exact) mass is 417 g/mol. The van der Waals surface area contributed by atoms with E-state index in [4.69, 9.17) is 4.74 Å². The number of morpholine rings is 1. The van der Waals surface area contributed by atoms with Crippen molar-refractivity contribution in [2.24, 2.45) is 0 Å². The first-order valence-corrected chi connectivity index (χ1v) is 10.4. The molecule has 0 aliphatic carbocycles. The maximum Gasteiger partial charge on any atom is 0.255 e. The third-order valence-electron chi connectivity index (χ3n) is 5.76. The van der Waals surface area contributed by atoms with Gasteiger partial charge >= 0.3 is 0 Å². The van der Waals surface area contributed by atoms with E-state index in [9.17, 15) is 10.1 Å². The van der Waals surface area contributed by atoms with E-state index in [1.54, 1.807) is 18.5 Å². The van der Waals surface area contributed by atoms with Crippen LogP contribution >= 0.6 is 0 Å². The molecule has 9 nitrogen and oxygen atoms in total. The fourth-order valence-corrected chi connectivity index (χ4v) is 4.10. The Labute approximate surface area is 179 Å². The molecule has 1 aromatic carbocycles. The molecule has 0 bridgehead atoms. The molecule has 9 heteroatoms. The van der Waals surface area contributed by atoms with E-state index in [2.05, 4.69) is 31.7 Å². The van der Waals surface area contributed by atoms with Gasteiger partial charge in [0.2, 0.25) is 0 Å². The number of nitrogens with one attached hydrogen (secondary N) is 2. The summed E-state index contributed by atoms with van der Waals surface area (Å²) >= 11 is 0. The zero-order valence-electron chi connectivity index (χ0n) is 17.2. The van der Waals surface area contributed by atoms with Crippen molar-refractivity contribution in [3.8, 4) is 6.07 Å². The van der Waals surface area contributed by atoms with E-state index in [0.29, 0.717) is 35.9 Å². The molecule has 158 valence electrons. The number of hydrogen-bond acceptors (Lipinski definition) is 7. The Balaban J connectivity index is 1.35. The topological polar surface area (TPSA) is 108 Å². The largest absolute Gasteiger partial charge is 0.365 e. The number of benzene rings is 1. The van der Waals surface area contributed by atoms with Gasteiger partial charge in [-0.15, -0.1) is 0 Å². The molecule has 5 rings (SSSR count). The molecule has 2 aliphatic rings. The van der Waals surface area contributed by atoms with Crippen LogP contribution in [0.3, 0.4) is 0 Å². The van der Waals surface area contributed by atoms with Crippen LogP contribution in [0.25, 0.3) is 10.9 Å². The average molecular weight is 417 g/mol. The van der Waals surface area contributed by atoms with Crippen molar-refractivity contribution in [3.63, 3.8) is 0 Å². The van der Waals surface area contributed by atoms with E-state index in [0.717, 1.165) is 24.2 Å². The number of ether oxygens (including phenoxy) is 1. The number of hydrogen-bond donors (Lipinski definition) is 2. The van der Waals surface area contributed by atoms with E-state index in [-0.39, 0.29) is 12.0 Å². The Morgan fingerprint density at radius 3 is 2.97 bits per heavy atom. The van der Waals surface area contributed by atoms with Crippen molar-refractivity contribution >= 4 is 28.2 Å². The lowest BCUT2D eigenvalue weighted by Gasteiger charge is -2.38. The number of anilines is 2. The van der Waals surface area contributed by atoms with Gasteiger partial charge in [0, 0.05) is 43.1 Å². The predicted molar refractivity (Wildman–Crippen MR) is 116 cm³/mol. The van der Waals surface area contributed by atoms with E-state index < -0.39 is 6.10 Å². The lowest BCUT2D eigenvalue weighted by Crippen LogP contribution is -2.51. The van der Waals surface area contributed by atoms with Crippen molar-refractivity contribution in [1.29, 1.82) is 5.26 Å². The number of fused-ring (bicyclic) bond motifs is 1. The van der Waals surface area contributed by atoms with E-state index in [1.807, 2.05) is 36.0 Å². The zero-order valence-corrected chi connectivity index (χ0v) is 17.2. The molecule has 2 unspecified atom stereocenters. The molecule has 0 radical (unpaired) electrons. The standard InChI is InChI=1S/C22H23N7O2/c1-14-11-28(19-5-4-15(7-23)21-18(19)3-2-6-25-21)13-20(31-14)22(30)27-16-8-26-29(12-16)17-9-24-10-17/h2-6,8,12,14,17,20,24H,9-11,13H2,1H3,(H,27,30). The number of rotatable bonds is 4. The van der Waals surface area contributed by atoms with Crippen molar-refractivity contribution in [2.75, 3.05) is 36.4 Å². The van der Waals surface area contributed by atoms with Crippen molar-refractivity contribution in [2.45, 2.75) is 25.2 Å². The van der Waals surface area contributed by atoms with Gasteiger partial charge in [0.25, 0.3) is 5.91 Å². The summed E-state index contributed by atoms with van der Waals surface area (Å²) in [5.41, 5.74) is 2.81. The van der Waals surface area contributed by atoms with Crippen LogP contribution in [-0.2, 0) is 9.53 Å². The summed E-state index contributed by atoms with van der Waals surface area (Å²) in [5.74, 6) is -0.195. The van der Waals surface area contributed by atoms with E-state index >= 15 is 0 Å². The van der Waals surface area contributed by atoms with Gasteiger partial charge in [-0.1, -0.05) is 0 Å². The van der Waals surface area contributed by atoms with E-state index in [1.165, 1.54) is 0 Å². The Kier molecular flexibility index (Phi) is 5.02. The van der Waals surface area contributed by atoms with Gasteiger partial charge in [0.1, 0.15) is 6.07 Å². The highest BCUT2D eigenvalue weighted by molar-refractivity contribution is 5.97. The van der Waals surface area contributed by atoms with Crippen molar-refractivity contribution in [1.82, 2.24) is 20.1 Å². The number of nitrogens with zero attached hydrogens (tertiary/aromatic N) is 5. The second kappa shape index (κ2) is 7.98. The first-order valence-electron chi connectivity index (χ1n) is 10.4. The van der Waals surface area contributed by atoms with Crippen LogP contribution in [0.5, 0.6) is 0 Å². The number of carbonyl (C=O) groups is 1. The molecule has 2 aromatic heterocycles. The highest BCUT2D eigenvalue weighted by Gasteiger charge is 2.32. The van der Waals surface area contributed by atoms with Crippen LogP contribution in [-0.4, -0.2) is 59.1 Å². The summed E-state index contributed by atoms with van der Waals surface area (Å²) in [6.07, 6.45) is 4.45. The minimum Gasteiger partial charge on any atom is -0.365 e. The van der Waals surface area contributed by atoms with Crippen LogP contribution in [0.1, 0.15) is 18.5 Å². The molecular formula is C22H23N7O2. The Bertz CT molecular complexity index is 1160. The fourth-order valence-electron chi connectivity index (χ4n) is 4.10. The fraction of sp³-hybridized carbons (Fsp3) is 0.364. The lowest BCUT2D eigenvalue weighted by molar-refractivity contribution is -0.131. The summed E-state index contributed by atoms with van der Waals surface area (Å²) in [5, 5.41) is 20.8. The molecule has 2 aliphatic heterocycles. The SMILES string of the molecule is CC1CN(c2ccc(C#N)c3ncccc23)CC(C(=O)Nc2cnn(C3CNC3)c2)O1. The quantitative estimate of drug-likeness (QED) is 0.665. The van der Waals surface area contributed by atoms with Gasteiger partial charge < -0.3 is 20.3 Å². The highest BCUT2D eigenvalue weighted by Crippen LogP contribution is 2.30. The minimum atomic E-state index is -0.625. The Morgan fingerprint density at radius 1 is 1.32 bits per heavy atom. The maximum absolute atomic E-state index is 12.9. The predicted octanol–water partition coefficient (Wildman–Crippen LogP) is 1.68. The van der Waals surface area contributed by atoms with Crippen LogP contribution in [0, 0.1) is 11.3 Å². The van der Waals surface area contributed by atoms with Gasteiger partial charge in [0.15, 0.2) is 6.10 Å². The summed E-state index contributed by atoms with van der Waals surface area (Å²) in [4.78, 5) is 19.5. The molecule has 0 saturated carbocycles. The normalized spacial score (nSPS) is 21.5. The number of amides is 1. The smallest absolute Gasteiger partial charge is 0.255 e. The molecule has 1 amide bonds. The van der Waals surface area contributed by atoms with Crippen LogP contribution in [0.2, 0.25) is 0 Å². The van der Waals surface area contributed by atoms with Gasteiger partial charge in [-0.2, -0.15) is 10.4 Å². The number of aromatic nitrogens is 3. The van der Waals surface area contributed by atoms with Gasteiger partial charge in [-0.05, 0) is 31.2 Å². The number of nitriles is 1. The summed E-state index contributed by atoms with van der Waals surface area (Å²) in [7, 11) is 0. The second-order valence-electron chi connectivity index (χ2n) is 7.99. The zero-order chi connectivity index (χ0) is 21.4. The number of carbonyl (C=O) groups excluding carboxylic acids is 1. The minimum absolute atomic E-state index is 0.129. The van der Waals surface area contributed by atoms with Gasteiger partial charge in [-0.3, -0.25) is 14.5 Å². The molecule has 0 spiro atoms. The molecule has 4 heterocycles. The van der Waals surface area contributed by atoms with Crippen molar-refractivity contribution in [3.05, 3.63) is 48.4 Å². The molecule has 3 aromatic rings. The van der Waals surface area contributed by atoms with Crippen LogP contribution in [0.15, 0.2) is 42.9 Å². The second-order valence-corrected chi connectivity index (χ2v) is 7.99. The summed E-state index contributed by atoms with van der Waals surface area (Å²) in [6.45, 7) is 4.79. The first-order chi connectivity index (χ1) is 15.1. The summed E-state index contributed by atoms with van der Waals surface area (Å²) in [6, 6.07) is 10.1. The highest BCUT2D eigenvalue weighted by atomic mass is 16.5. The first kappa shape index (κ1) is 19.5. The van der Waals surface area contributed by atoms with Crippen LogP contribution in [0.4, 0.5) is 11.4 Å². The third kappa shape index (κ3) is 3.71. The summed E-state index contributed by atoms with van der Waals surface area (Å²) < 4.78 is 7.83. The maximum atomic E-state index is 12.9. The Morgan fingerprint density at radius 2 is 2.19 bits per heavy atom. The molecule has 2 N–H and O–H groups in total. The molecule has 2 fully saturated rings. The molecule has 2 atom stereocenters. The molecule has 31 heavy (non-hydrogen) atoms. The van der Waals surface area contributed by atoms with Crippen LogP contribution < -0.4 is 15.5 Å². The average Bonchev–Trinajstić information content (AvgIpc) is 3.18.